The van der Waals surface area contributed by atoms with Gasteiger partial charge in [0, 0.05) is 6.04 Å². The molecule has 0 amide bonds. The van der Waals surface area contributed by atoms with Gasteiger partial charge in [-0.25, -0.2) is 0 Å². The van der Waals surface area contributed by atoms with Gasteiger partial charge in [0.1, 0.15) is 0 Å². The summed E-state index contributed by atoms with van der Waals surface area (Å²) in [6.07, 6.45) is 6.57. The third-order valence-corrected chi connectivity index (χ3v) is 2.05. The summed E-state index contributed by atoms with van der Waals surface area (Å²) < 4.78 is 0. The van der Waals surface area contributed by atoms with Crippen LogP contribution in [-0.4, -0.2) is 24.3 Å². The Bertz CT molecular complexity index is 85.9. The third kappa shape index (κ3) is 8.02. The van der Waals surface area contributed by atoms with Gasteiger partial charge in [-0.3, -0.25) is 0 Å². The summed E-state index contributed by atoms with van der Waals surface area (Å²) in [5.74, 6) is 0. The van der Waals surface area contributed by atoms with Crippen LogP contribution in [0.2, 0.25) is 0 Å². The zero-order chi connectivity index (χ0) is 9.23. The minimum absolute atomic E-state index is 0.245. The first-order chi connectivity index (χ1) is 5.81. The molecule has 0 aliphatic heterocycles. The summed E-state index contributed by atoms with van der Waals surface area (Å²) in [6, 6.07) is 0.260. The molecule has 0 bridgehead atoms. The van der Waals surface area contributed by atoms with Crippen LogP contribution in [0.25, 0.3) is 0 Å². The molecule has 0 saturated carbocycles. The Hall–Kier alpha value is -0.0800. The van der Waals surface area contributed by atoms with E-state index in [4.69, 9.17) is 5.11 Å². The quantitative estimate of drug-likeness (QED) is 0.550. The van der Waals surface area contributed by atoms with Crippen molar-refractivity contribution in [2.24, 2.45) is 0 Å². The summed E-state index contributed by atoms with van der Waals surface area (Å²) >= 11 is 0. The average molecular weight is 173 g/mol. The average Bonchev–Trinajstić information content (AvgIpc) is 2.10. The molecular formula is C10H23NO. The molecule has 2 N–H and O–H groups in total. The van der Waals surface area contributed by atoms with E-state index >= 15 is 0 Å². The van der Waals surface area contributed by atoms with Crippen molar-refractivity contribution in [3.63, 3.8) is 0 Å². The summed E-state index contributed by atoms with van der Waals surface area (Å²) in [5, 5.41) is 12.0. The maximum Gasteiger partial charge on any atom is 0.0581 e. The van der Waals surface area contributed by atoms with Gasteiger partial charge in [0.2, 0.25) is 0 Å². The van der Waals surface area contributed by atoms with Gasteiger partial charge in [-0.05, 0) is 19.9 Å². The molecule has 2 nitrogen and oxygen atoms in total. The second kappa shape index (κ2) is 9.01. The number of rotatable bonds is 8. The highest BCUT2D eigenvalue weighted by Crippen LogP contribution is 2.01. The van der Waals surface area contributed by atoms with Crippen LogP contribution in [0, 0.1) is 0 Å². The standard InChI is InChI=1S/C10H23NO/c1-3-4-5-6-7-8-11-10(2)9-12/h10-12H,3-9H2,1-2H3/t10-/m1/s1. The van der Waals surface area contributed by atoms with E-state index in [1.165, 1.54) is 32.1 Å². The maximum atomic E-state index is 8.71. The fourth-order valence-corrected chi connectivity index (χ4v) is 1.14. The summed E-state index contributed by atoms with van der Waals surface area (Å²) in [6.45, 7) is 5.53. The van der Waals surface area contributed by atoms with E-state index in [0.717, 1.165) is 6.54 Å². The molecular weight excluding hydrogens is 150 g/mol. The first-order valence-electron chi connectivity index (χ1n) is 5.15. The predicted molar refractivity (Wildman–Crippen MR) is 53.3 cm³/mol. The number of hydrogen-bond donors (Lipinski definition) is 2. The van der Waals surface area contributed by atoms with Gasteiger partial charge < -0.3 is 10.4 Å². The van der Waals surface area contributed by atoms with Crippen LogP contribution in [0.4, 0.5) is 0 Å². The molecule has 0 aromatic carbocycles. The molecule has 0 rings (SSSR count). The van der Waals surface area contributed by atoms with Crippen LogP contribution >= 0.6 is 0 Å². The highest BCUT2D eigenvalue weighted by Gasteiger charge is 1.96. The van der Waals surface area contributed by atoms with Crippen molar-refractivity contribution < 1.29 is 5.11 Å². The summed E-state index contributed by atoms with van der Waals surface area (Å²) in [5.41, 5.74) is 0. The van der Waals surface area contributed by atoms with Crippen LogP contribution in [0.1, 0.15) is 46.0 Å². The predicted octanol–water partition coefficient (Wildman–Crippen LogP) is 1.93. The lowest BCUT2D eigenvalue weighted by molar-refractivity contribution is 0.251. The molecule has 0 fully saturated rings. The van der Waals surface area contributed by atoms with Crippen molar-refractivity contribution in [1.82, 2.24) is 5.32 Å². The molecule has 0 heterocycles. The molecule has 0 aromatic rings. The normalized spacial score (nSPS) is 13.2. The van der Waals surface area contributed by atoms with Gasteiger partial charge in [0.05, 0.1) is 6.61 Å². The Morgan fingerprint density at radius 3 is 2.42 bits per heavy atom. The van der Waals surface area contributed by atoms with Crippen molar-refractivity contribution in [2.75, 3.05) is 13.2 Å². The molecule has 0 radical (unpaired) electrons. The molecule has 1 atom stereocenters. The molecule has 0 saturated heterocycles. The van der Waals surface area contributed by atoms with Crippen molar-refractivity contribution >= 4 is 0 Å². The minimum atomic E-state index is 0.245. The second-order valence-electron chi connectivity index (χ2n) is 3.45. The lowest BCUT2D eigenvalue weighted by atomic mass is 10.1. The van der Waals surface area contributed by atoms with Crippen LogP contribution in [-0.2, 0) is 0 Å². The Morgan fingerprint density at radius 1 is 1.17 bits per heavy atom. The fourth-order valence-electron chi connectivity index (χ4n) is 1.14. The largest absolute Gasteiger partial charge is 0.395 e. The van der Waals surface area contributed by atoms with Crippen molar-refractivity contribution in [1.29, 1.82) is 0 Å². The Balaban J connectivity index is 2.90. The smallest absolute Gasteiger partial charge is 0.0581 e. The lowest BCUT2D eigenvalue weighted by Gasteiger charge is -2.09. The van der Waals surface area contributed by atoms with Crippen LogP contribution in [0.3, 0.4) is 0 Å². The third-order valence-electron chi connectivity index (χ3n) is 2.05. The Kier molecular flexibility index (Phi) is 8.95. The van der Waals surface area contributed by atoms with Crippen LogP contribution < -0.4 is 5.32 Å². The van der Waals surface area contributed by atoms with E-state index < -0.39 is 0 Å². The zero-order valence-corrected chi connectivity index (χ0v) is 8.47. The lowest BCUT2D eigenvalue weighted by Crippen LogP contribution is -2.29. The van der Waals surface area contributed by atoms with E-state index in [2.05, 4.69) is 12.2 Å². The molecule has 0 aliphatic rings. The molecule has 74 valence electrons. The minimum Gasteiger partial charge on any atom is -0.395 e. The maximum absolute atomic E-state index is 8.71. The molecule has 2 heteroatoms. The fraction of sp³-hybridized carbons (Fsp3) is 1.00. The van der Waals surface area contributed by atoms with Gasteiger partial charge in [-0.2, -0.15) is 0 Å². The second-order valence-corrected chi connectivity index (χ2v) is 3.45. The van der Waals surface area contributed by atoms with Gasteiger partial charge in [-0.1, -0.05) is 32.6 Å². The number of nitrogens with one attached hydrogen (secondary N) is 1. The molecule has 0 spiro atoms. The van der Waals surface area contributed by atoms with E-state index in [9.17, 15) is 0 Å². The zero-order valence-electron chi connectivity index (χ0n) is 8.47. The van der Waals surface area contributed by atoms with E-state index in [1.54, 1.807) is 0 Å². The number of aliphatic hydroxyl groups is 1. The van der Waals surface area contributed by atoms with E-state index in [-0.39, 0.29) is 12.6 Å². The van der Waals surface area contributed by atoms with Gasteiger partial charge in [0.15, 0.2) is 0 Å². The number of hydrogen-bond acceptors (Lipinski definition) is 2. The number of unbranched alkanes of at least 4 members (excludes halogenated alkanes) is 4. The Morgan fingerprint density at radius 2 is 1.83 bits per heavy atom. The van der Waals surface area contributed by atoms with Crippen molar-refractivity contribution in [3.8, 4) is 0 Å². The van der Waals surface area contributed by atoms with Crippen LogP contribution in [0.5, 0.6) is 0 Å². The highest BCUT2D eigenvalue weighted by atomic mass is 16.3. The molecule has 12 heavy (non-hydrogen) atoms. The topological polar surface area (TPSA) is 32.3 Å². The first-order valence-corrected chi connectivity index (χ1v) is 5.15. The highest BCUT2D eigenvalue weighted by molar-refractivity contribution is 4.57. The molecule has 0 aromatic heterocycles. The van der Waals surface area contributed by atoms with Gasteiger partial charge in [0.25, 0.3) is 0 Å². The van der Waals surface area contributed by atoms with Gasteiger partial charge >= 0.3 is 0 Å². The summed E-state index contributed by atoms with van der Waals surface area (Å²) in [7, 11) is 0. The van der Waals surface area contributed by atoms with E-state index in [1.807, 2.05) is 6.92 Å². The molecule has 0 unspecified atom stereocenters. The monoisotopic (exact) mass is 173 g/mol. The number of aliphatic hydroxyl groups excluding tert-OH is 1. The molecule has 0 aliphatic carbocycles. The van der Waals surface area contributed by atoms with Crippen LogP contribution in [0.15, 0.2) is 0 Å². The van der Waals surface area contributed by atoms with Crippen molar-refractivity contribution in [3.05, 3.63) is 0 Å². The van der Waals surface area contributed by atoms with E-state index in [0.29, 0.717) is 0 Å². The first kappa shape index (κ1) is 11.9. The van der Waals surface area contributed by atoms with Gasteiger partial charge in [-0.15, -0.1) is 0 Å². The van der Waals surface area contributed by atoms with Crippen molar-refractivity contribution in [2.45, 2.75) is 52.0 Å². The Labute approximate surface area is 76.4 Å². The summed E-state index contributed by atoms with van der Waals surface area (Å²) in [4.78, 5) is 0. The SMILES string of the molecule is CCCCCCCN[C@H](C)CO.